The maximum atomic E-state index is 11.5. The number of para-hydroxylation sites is 1. The lowest BCUT2D eigenvalue weighted by Crippen LogP contribution is -2.44. The SMILES string of the molecule is CCCNc1cccc(N2CCOCC2C)c1[N+](=O)[O-]. The van der Waals surface area contributed by atoms with E-state index in [-0.39, 0.29) is 16.7 Å². The molecule has 0 spiro atoms. The first-order chi connectivity index (χ1) is 9.65. The average Bonchev–Trinajstić information content (AvgIpc) is 2.45. The summed E-state index contributed by atoms with van der Waals surface area (Å²) < 4.78 is 5.40. The van der Waals surface area contributed by atoms with Gasteiger partial charge in [0.15, 0.2) is 0 Å². The molecule has 1 saturated heterocycles. The lowest BCUT2D eigenvalue weighted by atomic mass is 10.1. The number of nitrogens with zero attached hydrogens (tertiary/aromatic N) is 2. The maximum absolute atomic E-state index is 11.5. The molecule has 0 aliphatic carbocycles. The van der Waals surface area contributed by atoms with E-state index in [0.717, 1.165) is 13.0 Å². The van der Waals surface area contributed by atoms with Gasteiger partial charge in [-0.3, -0.25) is 10.1 Å². The van der Waals surface area contributed by atoms with E-state index < -0.39 is 0 Å². The number of morpholine rings is 1. The second kappa shape index (κ2) is 6.56. The van der Waals surface area contributed by atoms with Crippen LogP contribution in [0.2, 0.25) is 0 Å². The highest BCUT2D eigenvalue weighted by Crippen LogP contribution is 2.36. The molecule has 1 aliphatic heterocycles. The molecule has 0 saturated carbocycles. The largest absolute Gasteiger partial charge is 0.379 e. The molecule has 1 aliphatic rings. The van der Waals surface area contributed by atoms with E-state index in [9.17, 15) is 10.1 Å². The van der Waals surface area contributed by atoms with Crippen molar-refractivity contribution in [1.29, 1.82) is 0 Å². The number of anilines is 2. The van der Waals surface area contributed by atoms with Crippen LogP contribution in [0.1, 0.15) is 20.3 Å². The van der Waals surface area contributed by atoms with Crippen LogP contribution in [0.25, 0.3) is 0 Å². The van der Waals surface area contributed by atoms with Crippen LogP contribution in [0.3, 0.4) is 0 Å². The minimum Gasteiger partial charge on any atom is -0.379 e. The third kappa shape index (κ3) is 3.01. The minimum absolute atomic E-state index is 0.142. The molecule has 1 N–H and O–H groups in total. The highest BCUT2D eigenvalue weighted by Gasteiger charge is 2.28. The summed E-state index contributed by atoms with van der Waals surface area (Å²) >= 11 is 0. The van der Waals surface area contributed by atoms with E-state index in [1.807, 2.05) is 26.0 Å². The summed E-state index contributed by atoms with van der Waals surface area (Å²) in [7, 11) is 0. The molecule has 6 nitrogen and oxygen atoms in total. The van der Waals surface area contributed by atoms with Gasteiger partial charge in [-0.2, -0.15) is 0 Å². The Morgan fingerprint density at radius 1 is 1.55 bits per heavy atom. The molecule has 6 heteroatoms. The van der Waals surface area contributed by atoms with Gasteiger partial charge in [-0.25, -0.2) is 0 Å². The van der Waals surface area contributed by atoms with Crippen LogP contribution < -0.4 is 10.2 Å². The van der Waals surface area contributed by atoms with Crippen LogP contribution in [0.5, 0.6) is 0 Å². The van der Waals surface area contributed by atoms with E-state index in [2.05, 4.69) is 10.2 Å². The topological polar surface area (TPSA) is 67.6 Å². The van der Waals surface area contributed by atoms with Crippen molar-refractivity contribution in [2.24, 2.45) is 0 Å². The Hall–Kier alpha value is -1.82. The third-order valence-electron chi connectivity index (χ3n) is 3.44. The molecule has 1 aromatic carbocycles. The Morgan fingerprint density at radius 2 is 2.35 bits per heavy atom. The van der Waals surface area contributed by atoms with Crippen molar-refractivity contribution in [3.8, 4) is 0 Å². The molecule has 1 aromatic rings. The molecule has 20 heavy (non-hydrogen) atoms. The van der Waals surface area contributed by atoms with Gasteiger partial charge in [0.05, 0.1) is 18.1 Å². The summed E-state index contributed by atoms with van der Waals surface area (Å²) in [6.45, 7) is 6.67. The molecule has 1 fully saturated rings. The summed E-state index contributed by atoms with van der Waals surface area (Å²) in [5.41, 5.74) is 1.43. The minimum atomic E-state index is -0.296. The number of nitro groups is 1. The van der Waals surface area contributed by atoms with Crippen molar-refractivity contribution in [3.63, 3.8) is 0 Å². The third-order valence-corrected chi connectivity index (χ3v) is 3.44. The molecular formula is C14H21N3O3. The van der Waals surface area contributed by atoms with Crippen LogP contribution >= 0.6 is 0 Å². The number of hydrogen-bond donors (Lipinski definition) is 1. The van der Waals surface area contributed by atoms with Crippen molar-refractivity contribution < 1.29 is 9.66 Å². The van der Waals surface area contributed by atoms with Crippen LogP contribution in [0.15, 0.2) is 18.2 Å². The van der Waals surface area contributed by atoms with Gasteiger partial charge in [-0.05, 0) is 25.5 Å². The first-order valence-electron chi connectivity index (χ1n) is 7.00. The first kappa shape index (κ1) is 14.6. The predicted molar refractivity (Wildman–Crippen MR) is 79.5 cm³/mol. The van der Waals surface area contributed by atoms with E-state index >= 15 is 0 Å². The fourth-order valence-corrected chi connectivity index (χ4v) is 2.44. The van der Waals surface area contributed by atoms with Crippen molar-refractivity contribution in [1.82, 2.24) is 0 Å². The molecule has 0 bridgehead atoms. The average molecular weight is 279 g/mol. The standard InChI is InChI=1S/C14H21N3O3/c1-3-7-15-12-5-4-6-13(14(12)17(18)19)16-8-9-20-10-11(16)2/h4-6,11,15H,3,7-10H2,1-2H3. The van der Waals surface area contributed by atoms with Gasteiger partial charge in [0, 0.05) is 19.1 Å². The number of benzene rings is 1. The monoisotopic (exact) mass is 279 g/mol. The molecule has 2 rings (SSSR count). The lowest BCUT2D eigenvalue weighted by molar-refractivity contribution is -0.383. The van der Waals surface area contributed by atoms with Gasteiger partial charge in [0.2, 0.25) is 0 Å². The molecule has 1 unspecified atom stereocenters. The Morgan fingerprint density at radius 3 is 3.00 bits per heavy atom. The summed E-state index contributed by atoms with van der Waals surface area (Å²) in [6.07, 6.45) is 0.926. The second-order valence-corrected chi connectivity index (χ2v) is 4.97. The van der Waals surface area contributed by atoms with Gasteiger partial charge in [0.1, 0.15) is 11.4 Å². The summed E-state index contributed by atoms with van der Waals surface area (Å²) in [6, 6.07) is 5.59. The van der Waals surface area contributed by atoms with Crippen molar-refractivity contribution in [2.75, 3.05) is 36.5 Å². The zero-order valence-electron chi connectivity index (χ0n) is 12.0. The van der Waals surface area contributed by atoms with Crippen molar-refractivity contribution in [2.45, 2.75) is 26.3 Å². The van der Waals surface area contributed by atoms with Gasteiger partial charge < -0.3 is 15.0 Å². The quantitative estimate of drug-likeness (QED) is 0.663. The number of nitro benzene ring substituents is 1. The van der Waals surface area contributed by atoms with Crippen LogP contribution in [0, 0.1) is 10.1 Å². The van der Waals surface area contributed by atoms with Gasteiger partial charge in [0.25, 0.3) is 0 Å². The van der Waals surface area contributed by atoms with Gasteiger partial charge >= 0.3 is 5.69 Å². The Kier molecular flexibility index (Phi) is 4.79. The highest BCUT2D eigenvalue weighted by molar-refractivity contribution is 5.77. The normalized spacial score (nSPS) is 18.9. The molecule has 0 radical (unpaired) electrons. The maximum Gasteiger partial charge on any atom is 0.315 e. The zero-order valence-corrected chi connectivity index (χ0v) is 12.0. The predicted octanol–water partition coefficient (Wildman–Crippen LogP) is 2.64. The first-order valence-corrected chi connectivity index (χ1v) is 7.00. The second-order valence-electron chi connectivity index (χ2n) is 4.97. The molecular weight excluding hydrogens is 258 g/mol. The number of ether oxygens (including phenoxy) is 1. The molecule has 1 heterocycles. The zero-order chi connectivity index (χ0) is 14.5. The van der Waals surface area contributed by atoms with E-state index in [1.54, 1.807) is 6.07 Å². The van der Waals surface area contributed by atoms with Crippen LogP contribution in [-0.2, 0) is 4.74 Å². The molecule has 1 atom stereocenters. The lowest BCUT2D eigenvalue weighted by Gasteiger charge is -2.35. The number of hydrogen-bond acceptors (Lipinski definition) is 5. The number of nitrogens with one attached hydrogen (secondary N) is 1. The van der Waals surface area contributed by atoms with Gasteiger partial charge in [-0.1, -0.05) is 13.0 Å². The van der Waals surface area contributed by atoms with Crippen LogP contribution in [0.4, 0.5) is 17.1 Å². The summed E-state index contributed by atoms with van der Waals surface area (Å²) in [5, 5.41) is 14.6. The fourth-order valence-electron chi connectivity index (χ4n) is 2.44. The summed E-state index contributed by atoms with van der Waals surface area (Å²) in [4.78, 5) is 13.2. The Labute approximate surface area is 118 Å². The molecule has 110 valence electrons. The van der Waals surface area contributed by atoms with Crippen molar-refractivity contribution >= 4 is 17.1 Å². The summed E-state index contributed by atoms with van der Waals surface area (Å²) in [5.74, 6) is 0. The Balaban J connectivity index is 2.38. The van der Waals surface area contributed by atoms with E-state index in [4.69, 9.17) is 4.74 Å². The van der Waals surface area contributed by atoms with E-state index in [0.29, 0.717) is 31.1 Å². The molecule has 0 aromatic heterocycles. The Bertz CT molecular complexity index is 479. The van der Waals surface area contributed by atoms with Crippen molar-refractivity contribution in [3.05, 3.63) is 28.3 Å². The fraction of sp³-hybridized carbons (Fsp3) is 0.571. The highest BCUT2D eigenvalue weighted by atomic mass is 16.6. The smallest absolute Gasteiger partial charge is 0.315 e. The van der Waals surface area contributed by atoms with E-state index in [1.165, 1.54) is 0 Å². The van der Waals surface area contributed by atoms with Gasteiger partial charge in [-0.15, -0.1) is 0 Å². The number of rotatable bonds is 5. The van der Waals surface area contributed by atoms with Crippen LogP contribution in [-0.4, -0.2) is 37.3 Å². The molecule has 0 amide bonds.